The molecule has 0 atom stereocenters. The van der Waals surface area contributed by atoms with Crippen LogP contribution in [0.25, 0.3) is 0 Å². The summed E-state index contributed by atoms with van der Waals surface area (Å²) in [7, 11) is -5.66. The standard InChI is InChI=1S/C11H10ClF3IO3S/c1-8-4-2-3-5-10(8)16-7-9(6-12)19-20(17,18)11(13,14)15/h2-5,7H,6H2,1H3/q+1/b9-7+. The molecule has 1 aromatic rings. The van der Waals surface area contributed by atoms with E-state index in [1.807, 2.05) is 25.1 Å². The summed E-state index contributed by atoms with van der Waals surface area (Å²) in [5.41, 5.74) is -4.48. The second-order valence-electron chi connectivity index (χ2n) is 3.55. The number of rotatable bonds is 5. The molecule has 0 fully saturated rings. The van der Waals surface area contributed by atoms with Gasteiger partial charge in [0.15, 0.2) is 13.4 Å². The van der Waals surface area contributed by atoms with E-state index in [0.717, 1.165) is 9.13 Å². The Morgan fingerprint density at radius 2 is 2.00 bits per heavy atom. The lowest BCUT2D eigenvalue weighted by Crippen LogP contribution is -3.59. The summed E-state index contributed by atoms with van der Waals surface area (Å²) >= 11 is 4.59. The third kappa shape index (κ3) is 4.81. The fraction of sp³-hybridized carbons (Fsp3) is 0.273. The number of aryl methyl sites for hydroxylation is 1. The van der Waals surface area contributed by atoms with Gasteiger partial charge in [-0.15, -0.1) is 11.6 Å². The van der Waals surface area contributed by atoms with Crippen LogP contribution in [-0.2, 0) is 14.3 Å². The predicted molar refractivity (Wildman–Crippen MR) is 64.7 cm³/mol. The van der Waals surface area contributed by atoms with Gasteiger partial charge >= 0.3 is 36.8 Å². The zero-order chi connectivity index (χ0) is 15.4. The van der Waals surface area contributed by atoms with Gasteiger partial charge in [0, 0.05) is 5.56 Å². The lowest BCUT2D eigenvalue weighted by molar-refractivity contribution is -0.559. The molecule has 0 aliphatic rings. The van der Waals surface area contributed by atoms with E-state index >= 15 is 0 Å². The van der Waals surface area contributed by atoms with E-state index in [9.17, 15) is 21.6 Å². The molecule has 0 N–H and O–H groups in total. The molecule has 0 bridgehead atoms. The van der Waals surface area contributed by atoms with E-state index in [1.165, 1.54) is 4.08 Å². The monoisotopic (exact) mass is 441 g/mol. The second kappa shape index (κ2) is 6.99. The second-order valence-corrected chi connectivity index (χ2v) is 7.76. The molecule has 0 aliphatic carbocycles. The highest BCUT2D eigenvalue weighted by Crippen LogP contribution is 2.26. The fourth-order valence-electron chi connectivity index (χ4n) is 1.05. The lowest BCUT2D eigenvalue weighted by Gasteiger charge is -2.08. The number of benzene rings is 1. The summed E-state index contributed by atoms with van der Waals surface area (Å²) in [5.74, 6) is -0.846. The van der Waals surface area contributed by atoms with Crippen LogP contribution >= 0.6 is 11.6 Å². The first-order chi connectivity index (χ1) is 9.17. The maximum absolute atomic E-state index is 12.2. The molecule has 20 heavy (non-hydrogen) atoms. The van der Waals surface area contributed by atoms with Crippen LogP contribution in [0.3, 0.4) is 0 Å². The summed E-state index contributed by atoms with van der Waals surface area (Å²) in [6.45, 7) is 1.86. The summed E-state index contributed by atoms with van der Waals surface area (Å²) < 4.78 is 64.6. The van der Waals surface area contributed by atoms with Crippen molar-refractivity contribution in [2.75, 3.05) is 5.88 Å². The summed E-state index contributed by atoms with van der Waals surface area (Å²) in [6.07, 6.45) is 0. The largest absolute Gasteiger partial charge is 0.534 e. The number of hydrogen-bond donors (Lipinski definition) is 0. The number of halogens is 5. The van der Waals surface area contributed by atoms with Crippen molar-refractivity contribution in [1.29, 1.82) is 0 Å². The first kappa shape index (κ1) is 17.6. The van der Waals surface area contributed by atoms with Crippen molar-refractivity contribution in [3.8, 4) is 0 Å². The summed E-state index contributed by atoms with van der Waals surface area (Å²) in [5, 5.41) is 0. The zero-order valence-corrected chi connectivity index (χ0v) is 13.8. The fourth-order valence-corrected chi connectivity index (χ4v) is 4.28. The molecule has 0 aliphatic heterocycles. The minimum Gasteiger partial charge on any atom is -0.375 e. The van der Waals surface area contributed by atoms with Crippen molar-refractivity contribution in [2.45, 2.75) is 12.4 Å². The van der Waals surface area contributed by atoms with Gasteiger partial charge in [-0.1, -0.05) is 18.2 Å². The van der Waals surface area contributed by atoms with Gasteiger partial charge in [-0.3, -0.25) is 0 Å². The van der Waals surface area contributed by atoms with E-state index in [2.05, 4.69) is 4.18 Å². The maximum Gasteiger partial charge on any atom is 0.534 e. The van der Waals surface area contributed by atoms with Crippen molar-refractivity contribution in [3.63, 3.8) is 0 Å². The molecule has 0 saturated carbocycles. The van der Waals surface area contributed by atoms with Crippen LogP contribution in [0.2, 0.25) is 0 Å². The van der Waals surface area contributed by atoms with Crippen LogP contribution in [0.5, 0.6) is 0 Å². The van der Waals surface area contributed by atoms with Crippen LogP contribution in [0.4, 0.5) is 13.2 Å². The van der Waals surface area contributed by atoms with Crippen molar-refractivity contribution >= 4 is 21.7 Å². The number of allylic oxidation sites excluding steroid dienone is 1. The lowest BCUT2D eigenvalue weighted by atomic mass is 10.2. The van der Waals surface area contributed by atoms with Crippen LogP contribution in [0.1, 0.15) is 5.56 Å². The van der Waals surface area contributed by atoms with Gasteiger partial charge < -0.3 is 4.18 Å². The SMILES string of the molecule is Cc1ccccc1[I+]/C=C(\CCl)OS(=O)(=O)C(F)(F)F. The quantitative estimate of drug-likeness (QED) is 0.216. The van der Waals surface area contributed by atoms with Gasteiger partial charge in [-0.2, -0.15) is 21.6 Å². The molecule has 0 aromatic heterocycles. The Hall–Kier alpha value is -0.480. The predicted octanol–water partition coefficient (Wildman–Crippen LogP) is 0.200. The van der Waals surface area contributed by atoms with Crippen LogP contribution < -0.4 is 21.2 Å². The summed E-state index contributed by atoms with van der Waals surface area (Å²) in [4.78, 5) is 0. The molecule has 9 heteroatoms. The first-order valence-electron chi connectivity index (χ1n) is 5.12. The van der Waals surface area contributed by atoms with Crippen molar-refractivity contribution in [2.24, 2.45) is 0 Å². The highest BCUT2D eigenvalue weighted by Gasteiger charge is 2.49. The maximum atomic E-state index is 12.2. The van der Waals surface area contributed by atoms with Crippen molar-refractivity contribution < 1.29 is 47.0 Å². The highest BCUT2D eigenvalue weighted by molar-refractivity contribution is 7.87. The molecule has 0 radical (unpaired) electrons. The van der Waals surface area contributed by atoms with Gasteiger partial charge in [0.1, 0.15) is 0 Å². The molecule has 3 nitrogen and oxygen atoms in total. The molecule has 0 heterocycles. The molecule has 0 spiro atoms. The topological polar surface area (TPSA) is 43.4 Å². The average Bonchev–Trinajstić information content (AvgIpc) is 2.34. The number of alkyl halides is 4. The third-order valence-corrected chi connectivity index (χ3v) is 6.15. The van der Waals surface area contributed by atoms with Gasteiger partial charge in [-0.25, -0.2) is 0 Å². The van der Waals surface area contributed by atoms with E-state index in [-0.39, 0.29) is 0 Å². The normalized spacial score (nSPS) is 13.3. The number of hydrogen-bond acceptors (Lipinski definition) is 3. The van der Waals surface area contributed by atoms with Crippen molar-refractivity contribution in [3.05, 3.63) is 43.2 Å². The van der Waals surface area contributed by atoms with E-state index in [0.29, 0.717) is 0 Å². The Labute approximate surface area is 130 Å². The molecule has 0 unspecified atom stereocenters. The first-order valence-corrected chi connectivity index (χ1v) is 9.39. The molecular weight excluding hydrogens is 432 g/mol. The molecule has 1 aromatic carbocycles. The molecule has 1 rings (SSSR count). The molecule has 0 saturated heterocycles. The van der Waals surface area contributed by atoms with Gasteiger partial charge in [0.25, 0.3) is 0 Å². The third-order valence-electron chi connectivity index (χ3n) is 2.00. The van der Waals surface area contributed by atoms with E-state index in [4.69, 9.17) is 11.6 Å². The zero-order valence-electron chi connectivity index (χ0n) is 10.1. The van der Waals surface area contributed by atoms with Crippen LogP contribution in [0, 0.1) is 10.5 Å². The average molecular weight is 442 g/mol. The summed E-state index contributed by atoms with van der Waals surface area (Å²) in [6, 6.07) is 7.31. The Bertz CT molecular complexity index is 599. The highest BCUT2D eigenvalue weighted by atomic mass is 127. The van der Waals surface area contributed by atoms with Gasteiger partial charge in [0.05, 0.1) is 5.88 Å². The molecule has 0 amide bonds. The smallest absolute Gasteiger partial charge is 0.375 e. The Kier molecular flexibility index (Phi) is 6.14. The van der Waals surface area contributed by atoms with Gasteiger partial charge in [-0.05, 0) is 13.0 Å². The Morgan fingerprint density at radius 1 is 1.40 bits per heavy atom. The van der Waals surface area contributed by atoms with Crippen LogP contribution in [-0.4, -0.2) is 19.8 Å². The minimum absolute atomic E-state index is 0.403. The Morgan fingerprint density at radius 3 is 2.50 bits per heavy atom. The molecule has 112 valence electrons. The van der Waals surface area contributed by atoms with Crippen molar-refractivity contribution in [1.82, 2.24) is 0 Å². The van der Waals surface area contributed by atoms with E-state index < -0.39 is 48.5 Å². The van der Waals surface area contributed by atoms with E-state index in [1.54, 1.807) is 6.07 Å². The minimum atomic E-state index is -5.66. The van der Waals surface area contributed by atoms with Crippen LogP contribution in [0.15, 0.2) is 34.1 Å². The molecular formula is C11H10ClF3IO3S+. The Balaban J connectivity index is 2.88. The van der Waals surface area contributed by atoms with Gasteiger partial charge in [0.2, 0.25) is 0 Å².